The van der Waals surface area contributed by atoms with E-state index < -0.39 is 17.6 Å². The minimum absolute atomic E-state index is 0.126. The largest absolute Gasteiger partial charge is 0.391 e. The number of pyridine rings is 1. The lowest BCUT2D eigenvalue weighted by molar-refractivity contribution is -0.179. The topological polar surface area (TPSA) is 42.1 Å². The van der Waals surface area contributed by atoms with Crippen molar-refractivity contribution in [2.75, 3.05) is 18.0 Å². The summed E-state index contributed by atoms with van der Waals surface area (Å²) >= 11 is 0. The number of halogens is 3. The number of aromatic nitrogens is 1. The van der Waals surface area contributed by atoms with Crippen molar-refractivity contribution in [2.24, 2.45) is 11.7 Å². The van der Waals surface area contributed by atoms with Crippen molar-refractivity contribution in [1.29, 1.82) is 0 Å². The Bertz CT molecular complexity index is 457. The second-order valence-corrected chi connectivity index (χ2v) is 5.93. The van der Waals surface area contributed by atoms with Crippen LogP contribution in [0.15, 0.2) is 18.3 Å². The molecule has 0 saturated carbocycles. The van der Waals surface area contributed by atoms with Crippen LogP contribution in [0.1, 0.15) is 32.3 Å². The predicted molar refractivity (Wildman–Crippen MR) is 72.4 cm³/mol. The van der Waals surface area contributed by atoms with E-state index in [4.69, 9.17) is 5.73 Å². The van der Waals surface area contributed by atoms with Crippen LogP contribution >= 0.6 is 0 Å². The molecule has 112 valence electrons. The van der Waals surface area contributed by atoms with Gasteiger partial charge in [0.25, 0.3) is 0 Å². The number of anilines is 1. The molecule has 0 radical (unpaired) electrons. The zero-order valence-electron chi connectivity index (χ0n) is 11.7. The summed E-state index contributed by atoms with van der Waals surface area (Å²) in [6, 6.07) is 3.71. The molecule has 2 N–H and O–H groups in total. The van der Waals surface area contributed by atoms with Crippen LogP contribution in [0.3, 0.4) is 0 Å². The van der Waals surface area contributed by atoms with E-state index in [1.54, 1.807) is 6.20 Å². The second kappa shape index (κ2) is 5.24. The summed E-state index contributed by atoms with van der Waals surface area (Å²) in [6.07, 6.45) is -2.17. The molecule has 2 heterocycles. The summed E-state index contributed by atoms with van der Waals surface area (Å²) in [5, 5.41) is 0. The third kappa shape index (κ3) is 3.42. The van der Waals surface area contributed by atoms with Gasteiger partial charge in [-0.15, -0.1) is 0 Å². The summed E-state index contributed by atoms with van der Waals surface area (Å²) in [7, 11) is 0. The lowest BCUT2D eigenvalue weighted by Gasteiger charge is -2.34. The normalized spacial score (nSPS) is 18.4. The van der Waals surface area contributed by atoms with Crippen molar-refractivity contribution in [3.05, 3.63) is 23.9 Å². The van der Waals surface area contributed by atoms with Gasteiger partial charge < -0.3 is 10.6 Å². The van der Waals surface area contributed by atoms with Gasteiger partial charge in [-0.2, -0.15) is 13.2 Å². The minimum Gasteiger partial charge on any atom is -0.357 e. The van der Waals surface area contributed by atoms with Gasteiger partial charge in [0.1, 0.15) is 5.82 Å². The summed E-state index contributed by atoms with van der Waals surface area (Å²) in [4.78, 5) is 6.15. The standard InChI is InChI=1S/C14H20F3N3/c1-13(2,18)11-3-6-19-12(9-11)20-7-4-10(5-8-20)14(15,16)17/h3,6,9-10H,4-5,7-8,18H2,1-2H3. The minimum atomic E-state index is -4.08. The van der Waals surface area contributed by atoms with Crippen molar-refractivity contribution >= 4 is 5.82 Å². The van der Waals surface area contributed by atoms with E-state index in [1.807, 2.05) is 30.9 Å². The van der Waals surface area contributed by atoms with Gasteiger partial charge in [0.2, 0.25) is 0 Å². The molecule has 1 saturated heterocycles. The first kappa shape index (κ1) is 15.1. The number of nitrogens with zero attached hydrogens (tertiary/aromatic N) is 2. The van der Waals surface area contributed by atoms with Crippen LogP contribution in [-0.2, 0) is 5.54 Å². The maximum Gasteiger partial charge on any atom is 0.391 e. The van der Waals surface area contributed by atoms with Gasteiger partial charge in [0, 0.05) is 24.8 Å². The Balaban J connectivity index is 2.08. The molecule has 6 heteroatoms. The molecule has 0 unspecified atom stereocenters. The summed E-state index contributed by atoms with van der Waals surface area (Å²) < 4.78 is 37.9. The Kier molecular flexibility index (Phi) is 3.95. The molecule has 1 fully saturated rings. The van der Waals surface area contributed by atoms with Crippen LogP contribution in [-0.4, -0.2) is 24.2 Å². The fourth-order valence-electron chi connectivity index (χ4n) is 2.43. The summed E-state index contributed by atoms with van der Waals surface area (Å²) in [5.74, 6) is -0.477. The fraction of sp³-hybridized carbons (Fsp3) is 0.643. The smallest absolute Gasteiger partial charge is 0.357 e. The molecule has 0 bridgehead atoms. The van der Waals surface area contributed by atoms with Crippen LogP contribution in [0.5, 0.6) is 0 Å². The SMILES string of the molecule is CC(C)(N)c1ccnc(N2CCC(C(F)(F)F)CC2)c1. The molecule has 1 aromatic rings. The lowest BCUT2D eigenvalue weighted by atomic mass is 9.95. The second-order valence-electron chi connectivity index (χ2n) is 5.93. The van der Waals surface area contributed by atoms with Gasteiger partial charge in [0.15, 0.2) is 0 Å². The molecule has 0 atom stereocenters. The van der Waals surface area contributed by atoms with Gasteiger partial charge in [-0.3, -0.25) is 0 Å². The zero-order valence-corrected chi connectivity index (χ0v) is 11.7. The average molecular weight is 287 g/mol. The van der Waals surface area contributed by atoms with Crippen molar-refractivity contribution in [2.45, 2.75) is 38.4 Å². The van der Waals surface area contributed by atoms with E-state index in [0.717, 1.165) is 5.56 Å². The number of rotatable bonds is 2. The van der Waals surface area contributed by atoms with E-state index in [0.29, 0.717) is 18.9 Å². The van der Waals surface area contributed by atoms with Crippen LogP contribution in [0.2, 0.25) is 0 Å². The molecular weight excluding hydrogens is 267 g/mol. The third-order valence-electron chi connectivity index (χ3n) is 3.77. The van der Waals surface area contributed by atoms with E-state index in [-0.39, 0.29) is 12.8 Å². The van der Waals surface area contributed by atoms with E-state index in [9.17, 15) is 13.2 Å². The summed E-state index contributed by atoms with van der Waals surface area (Å²) in [6.45, 7) is 4.54. The van der Waals surface area contributed by atoms with Gasteiger partial charge in [-0.1, -0.05) is 0 Å². The highest BCUT2D eigenvalue weighted by Crippen LogP contribution is 2.35. The van der Waals surface area contributed by atoms with Gasteiger partial charge >= 0.3 is 6.18 Å². The monoisotopic (exact) mass is 287 g/mol. The van der Waals surface area contributed by atoms with Gasteiger partial charge in [-0.05, 0) is 44.4 Å². The highest BCUT2D eigenvalue weighted by atomic mass is 19.4. The number of nitrogens with two attached hydrogens (primary N) is 1. The average Bonchev–Trinajstić information content (AvgIpc) is 2.37. The molecule has 1 aliphatic heterocycles. The quantitative estimate of drug-likeness (QED) is 0.909. The van der Waals surface area contributed by atoms with E-state index >= 15 is 0 Å². The molecule has 0 aliphatic carbocycles. The first-order valence-corrected chi connectivity index (χ1v) is 6.75. The molecule has 1 aromatic heterocycles. The molecular formula is C14H20F3N3. The molecule has 1 aliphatic rings. The van der Waals surface area contributed by atoms with Crippen molar-refractivity contribution in [3.8, 4) is 0 Å². The molecule has 0 amide bonds. The zero-order chi connectivity index (χ0) is 15.0. The molecule has 3 nitrogen and oxygen atoms in total. The summed E-state index contributed by atoms with van der Waals surface area (Å²) in [5.41, 5.74) is 6.49. The third-order valence-corrected chi connectivity index (χ3v) is 3.77. The van der Waals surface area contributed by atoms with Crippen molar-refractivity contribution in [3.63, 3.8) is 0 Å². The van der Waals surface area contributed by atoms with Crippen LogP contribution in [0, 0.1) is 5.92 Å². The highest BCUT2D eigenvalue weighted by molar-refractivity contribution is 5.43. The Morgan fingerprint density at radius 3 is 2.35 bits per heavy atom. The Morgan fingerprint density at radius 2 is 1.85 bits per heavy atom. The maximum atomic E-state index is 12.6. The van der Waals surface area contributed by atoms with Gasteiger partial charge in [0.05, 0.1) is 5.92 Å². The van der Waals surface area contributed by atoms with Crippen LogP contribution < -0.4 is 10.6 Å². The first-order valence-electron chi connectivity index (χ1n) is 6.75. The van der Waals surface area contributed by atoms with Crippen molar-refractivity contribution in [1.82, 2.24) is 4.98 Å². The van der Waals surface area contributed by atoms with Crippen LogP contribution in [0.25, 0.3) is 0 Å². The molecule has 20 heavy (non-hydrogen) atoms. The fourth-order valence-corrected chi connectivity index (χ4v) is 2.43. The van der Waals surface area contributed by atoms with Gasteiger partial charge in [-0.25, -0.2) is 4.98 Å². The predicted octanol–water partition coefficient (Wildman–Crippen LogP) is 3.05. The molecule has 2 rings (SSSR count). The number of alkyl halides is 3. The molecule has 0 aromatic carbocycles. The van der Waals surface area contributed by atoms with E-state index in [2.05, 4.69) is 4.98 Å². The Hall–Kier alpha value is -1.30. The number of piperidine rings is 1. The first-order chi connectivity index (χ1) is 9.18. The number of hydrogen-bond acceptors (Lipinski definition) is 3. The number of hydrogen-bond donors (Lipinski definition) is 1. The van der Waals surface area contributed by atoms with E-state index in [1.165, 1.54) is 0 Å². The molecule has 0 spiro atoms. The Labute approximate surface area is 117 Å². The van der Waals surface area contributed by atoms with Crippen LogP contribution in [0.4, 0.5) is 19.0 Å². The maximum absolute atomic E-state index is 12.6. The lowest BCUT2D eigenvalue weighted by Crippen LogP contribution is -2.39. The Morgan fingerprint density at radius 1 is 1.25 bits per heavy atom. The van der Waals surface area contributed by atoms with Crippen molar-refractivity contribution < 1.29 is 13.2 Å². The highest BCUT2D eigenvalue weighted by Gasteiger charge is 2.41.